The maximum absolute atomic E-state index is 6.90. The van der Waals surface area contributed by atoms with E-state index < -0.39 is 0 Å². The lowest BCUT2D eigenvalue weighted by Crippen LogP contribution is -2.29. The molecule has 0 N–H and O–H groups in total. The Balaban J connectivity index is 0.000000126. The molecule has 0 atom stereocenters. The molecule has 12 heteroatoms. The van der Waals surface area contributed by atoms with Crippen molar-refractivity contribution in [2.24, 2.45) is 0 Å². The molecule has 2 aliphatic rings. The van der Waals surface area contributed by atoms with Gasteiger partial charge in [-0.05, 0) is 190 Å². The first-order valence-electron chi connectivity index (χ1n) is 25.5. The van der Waals surface area contributed by atoms with Gasteiger partial charge in [-0.25, -0.2) is 0 Å². The number of likely N-dealkylation sites (tertiary alicyclic amines) is 1. The Labute approximate surface area is 449 Å². The van der Waals surface area contributed by atoms with Gasteiger partial charge in [-0.2, -0.15) is 0 Å². The summed E-state index contributed by atoms with van der Waals surface area (Å²) in [6.07, 6.45) is 15.8. The van der Waals surface area contributed by atoms with E-state index in [1.165, 1.54) is 113 Å². The number of fused-ring (bicyclic) bond motifs is 3. The standard InChI is InChI=1S/C21H22Cl2N2.C21H24ClN3.C19H16ClN3/c1-14-18-10-11-19(24-12-4-3-5-13-24)21(23)20(18)15(2)25(14)17-8-6-16(22)7-9-17;1-15-19-10-11-23-20(14-24-12-4-3-5-13-24)21(19)16(2)25(15)18-8-6-17(22)7-9-18;1-13-10-18(19-12-22-9-3-4-17(22)11-21-19)14(2)23(13)16-7-5-15(20)6-8-16/h6-11H,3-5,12-13H2,1-2H3;6-11H,3-5,12-14H2,1-2H3;3-12H,1-2H3. The zero-order valence-corrected chi connectivity index (χ0v) is 45.6. The van der Waals surface area contributed by atoms with Gasteiger partial charge < -0.3 is 23.0 Å². The third-order valence-electron chi connectivity index (χ3n) is 14.9. The minimum Gasteiger partial charge on any atom is -0.370 e. The van der Waals surface area contributed by atoms with Crippen LogP contribution in [0.25, 0.3) is 55.4 Å². The van der Waals surface area contributed by atoms with Crippen LogP contribution in [-0.2, 0) is 6.54 Å². The molecule has 73 heavy (non-hydrogen) atoms. The Morgan fingerprint density at radius 3 is 1.63 bits per heavy atom. The first-order chi connectivity index (χ1) is 35.4. The van der Waals surface area contributed by atoms with Crippen LogP contribution in [0.2, 0.25) is 20.1 Å². The molecule has 2 saturated heterocycles. The van der Waals surface area contributed by atoms with Gasteiger partial charge in [0, 0.05) is 132 Å². The largest absolute Gasteiger partial charge is 0.370 e. The normalized spacial score (nSPS) is 14.1. The molecule has 10 aromatic rings. The van der Waals surface area contributed by atoms with Crippen LogP contribution in [0.5, 0.6) is 0 Å². The molecular formula is C61H62Cl4N8. The van der Waals surface area contributed by atoms with E-state index in [1.54, 1.807) is 0 Å². The Morgan fingerprint density at radius 1 is 0.507 bits per heavy atom. The quantitative estimate of drug-likeness (QED) is 0.160. The van der Waals surface area contributed by atoms with Crippen molar-refractivity contribution in [2.75, 3.05) is 31.1 Å². The number of rotatable bonds is 7. The fourth-order valence-electron chi connectivity index (χ4n) is 11.3. The number of piperidine rings is 2. The minimum atomic E-state index is 0.746. The Kier molecular flexibility index (Phi) is 15.1. The van der Waals surface area contributed by atoms with E-state index >= 15 is 0 Å². The molecule has 0 saturated carbocycles. The van der Waals surface area contributed by atoms with Crippen molar-refractivity contribution in [3.05, 3.63) is 194 Å². The number of hydrogen-bond donors (Lipinski definition) is 0. The topological polar surface area (TPSA) is 51.5 Å². The van der Waals surface area contributed by atoms with E-state index in [1.807, 2.05) is 79.3 Å². The fourth-order valence-corrected chi connectivity index (χ4v) is 12.1. The van der Waals surface area contributed by atoms with Crippen molar-refractivity contribution in [2.45, 2.75) is 86.6 Å². The molecule has 2 aliphatic heterocycles. The molecule has 0 radical (unpaired) electrons. The summed E-state index contributed by atoms with van der Waals surface area (Å²) in [5.74, 6) is 0. The molecule has 8 nitrogen and oxygen atoms in total. The van der Waals surface area contributed by atoms with Gasteiger partial charge in [0.25, 0.3) is 0 Å². The molecule has 12 rings (SSSR count). The van der Waals surface area contributed by atoms with E-state index in [2.05, 4.69) is 129 Å². The summed E-state index contributed by atoms with van der Waals surface area (Å²) in [5.41, 5.74) is 16.2. The van der Waals surface area contributed by atoms with Crippen LogP contribution < -0.4 is 4.90 Å². The second kappa shape index (κ2) is 21.8. The molecule has 0 amide bonds. The second-order valence-electron chi connectivity index (χ2n) is 19.6. The smallest absolute Gasteiger partial charge is 0.0886 e. The second-order valence-corrected chi connectivity index (χ2v) is 21.2. The van der Waals surface area contributed by atoms with Crippen LogP contribution in [0.4, 0.5) is 5.69 Å². The van der Waals surface area contributed by atoms with Gasteiger partial charge in [0.1, 0.15) is 0 Å². The SMILES string of the molecule is Cc1c2ccc(N3CCCCC3)c(Cl)c2c(C)n1-c1ccc(Cl)cc1.Cc1c2ccnc(CN3CCCCC3)c2c(C)n1-c1ccc(Cl)cc1.Cc1cc(-c2cn3cccc3cn2)c(C)n1-c1ccc(Cl)cc1. The average molecular weight is 1050 g/mol. The van der Waals surface area contributed by atoms with E-state index in [9.17, 15) is 0 Å². The van der Waals surface area contributed by atoms with Crippen molar-refractivity contribution in [1.82, 2.24) is 33.0 Å². The van der Waals surface area contributed by atoms with Crippen molar-refractivity contribution in [3.8, 4) is 28.3 Å². The summed E-state index contributed by atoms with van der Waals surface area (Å²) >= 11 is 25.0. The van der Waals surface area contributed by atoms with Crippen LogP contribution >= 0.6 is 46.4 Å². The summed E-state index contributed by atoms with van der Waals surface area (Å²) in [5, 5.41) is 8.14. The van der Waals surface area contributed by atoms with Gasteiger partial charge in [0.2, 0.25) is 0 Å². The summed E-state index contributed by atoms with van der Waals surface area (Å²) in [4.78, 5) is 14.3. The third kappa shape index (κ3) is 10.3. The van der Waals surface area contributed by atoms with Crippen LogP contribution in [-0.4, -0.2) is 59.1 Å². The highest BCUT2D eigenvalue weighted by molar-refractivity contribution is 6.38. The van der Waals surface area contributed by atoms with Crippen molar-refractivity contribution in [3.63, 3.8) is 0 Å². The number of halogens is 4. The van der Waals surface area contributed by atoms with Gasteiger partial charge >= 0.3 is 0 Å². The lowest BCUT2D eigenvalue weighted by molar-refractivity contribution is 0.219. The molecule has 4 aromatic carbocycles. The number of anilines is 1. The highest BCUT2D eigenvalue weighted by Crippen LogP contribution is 2.40. The minimum absolute atomic E-state index is 0.746. The van der Waals surface area contributed by atoms with Gasteiger partial charge in [0.05, 0.1) is 33.8 Å². The van der Waals surface area contributed by atoms with Crippen LogP contribution in [0.3, 0.4) is 0 Å². The molecule has 6 aromatic heterocycles. The van der Waals surface area contributed by atoms with Crippen molar-refractivity contribution >= 4 is 79.2 Å². The van der Waals surface area contributed by atoms with E-state index in [4.69, 9.17) is 51.4 Å². The molecule has 0 aliphatic carbocycles. The lowest BCUT2D eigenvalue weighted by atomic mass is 10.1. The predicted molar refractivity (Wildman–Crippen MR) is 308 cm³/mol. The van der Waals surface area contributed by atoms with Crippen LogP contribution in [0.15, 0.2) is 134 Å². The molecule has 0 bridgehead atoms. The number of aryl methyl sites for hydroxylation is 5. The number of hydrogen-bond acceptors (Lipinski definition) is 4. The molecule has 2 fully saturated rings. The molecule has 0 spiro atoms. The van der Waals surface area contributed by atoms with Gasteiger partial charge in [-0.3, -0.25) is 14.9 Å². The van der Waals surface area contributed by atoms with Crippen LogP contribution in [0.1, 0.15) is 78.4 Å². The maximum Gasteiger partial charge on any atom is 0.0886 e. The zero-order valence-electron chi connectivity index (χ0n) is 42.6. The van der Waals surface area contributed by atoms with Crippen molar-refractivity contribution < 1.29 is 0 Å². The number of pyridine rings is 1. The molecule has 8 heterocycles. The van der Waals surface area contributed by atoms with E-state index in [-0.39, 0.29) is 0 Å². The maximum atomic E-state index is 6.90. The Morgan fingerprint density at radius 2 is 1.04 bits per heavy atom. The molecule has 374 valence electrons. The molecule has 0 unspecified atom stereocenters. The van der Waals surface area contributed by atoms with Crippen molar-refractivity contribution in [1.29, 1.82) is 0 Å². The average Bonchev–Trinajstić information content (AvgIpc) is 4.14. The number of nitrogens with zero attached hydrogens (tertiary/aromatic N) is 8. The van der Waals surface area contributed by atoms with Crippen LogP contribution in [0, 0.1) is 41.5 Å². The first kappa shape index (κ1) is 50.5. The van der Waals surface area contributed by atoms with Gasteiger partial charge in [-0.1, -0.05) is 58.9 Å². The van der Waals surface area contributed by atoms with E-state index in [0.717, 1.165) is 78.9 Å². The Bertz CT molecular complexity index is 3550. The summed E-state index contributed by atoms with van der Waals surface area (Å²) in [6, 6.07) is 36.8. The predicted octanol–water partition coefficient (Wildman–Crippen LogP) is 16.9. The fraction of sp³-hybridized carbons (Fsp3) is 0.279. The highest BCUT2D eigenvalue weighted by Gasteiger charge is 2.22. The zero-order chi connectivity index (χ0) is 50.9. The monoisotopic (exact) mass is 1050 g/mol. The molecular weight excluding hydrogens is 987 g/mol. The highest BCUT2D eigenvalue weighted by atomic mass is 35.5. The summed E-state index contributed by atoms with van der Waals surface area (Å²) in [6.45, 7) is 18.4. The Hall–Kier alpha value is -6.00. The third-order valence-corrected chi connectivity index (χ3v) is 16.0. The number of benzene rings is 4. The first-order valence-corrected chi connectivity index (χ1v) is 27.0. The number of aromatic nitrogens is 6. The van der Waals surface area contributed by atoms with Gasteiger partial charge in [0.15, 0.2) is 0 Å². The summed E-state index contributed by atoms with van der Waals surface area (Å²) < 4.78 is 8.92. The van der Waals surface area contributed by atoms with E-state index in [0.29, 0.717) is 0 Å². The van der Waals surface area contributed by atoms with Gasteiger partial charge in [-0.15, -0.1) is 0 Å². The lowest BCUT2D eigenvalue weighted by Gasteiger charge is -2.29. The summed E-state index contributed by atoms with van der Waals surface area (Å²) in [7, 11) is 0.